The number of hydrogen-bond acceptors (Lipinski definition) is 4. The van der Waals surface area contributed by atoms with Crippen molar-refractivity contribution in [3.8, 4) is 5.75 Å². The second kappa shape index (κ2) is 8.46. The number of hydrogen-bond donors (Lipinski definition) is 1. The van der Waals surface area contributed by atoms with E-state index in [4.69, 9.17) is 9.47 Å². The average Bonchev–Trinajstić information content (AvgIpc) is 3.48. The summed E-state index contributed by atoms with van der Waals surface area (Å²) in [6.07, 6.45) is 0.956. The SMILES string of the molecule is CC(C)(C)c1ccccc1OCC(=O)O[C@H](C(=O)NC1CC1)c1ccccc1. The van der Waals surface area contributed by atoms with Gasteiger partial charge in [0.05, 0.1) is 0 Å². The van der Waals surface area contributed by atoms with Crippen molar-refractivity contribution in [3.05, 3.63) is 65.7 Å². The van der Waals surface area contributed by atoms with E-state index in [1.165, 1.54) is 0 Å². The van der Waals surface area contributed by atoms with Crippen LogP contribution in [0, 0.1) is 0 Å². The predicted molar refractivity (Wildman–Crippen MR) is 107 cm³/mol. The number of para-hydroxylation sites is 1. The number of amides is 1. The molecule has 5 heteroatoms. The summed E-state index contributed by atoms with van der Waals surface area (Å²) in [5.41, 5.74) is 1.54. The van der Waals surface area contributed by atoms with E-state index in [-0.39, 0.29) is 24.0 Å². The van der Waals surface area contributed by atoms with Gasteiger partial charge in [-0.05, 0) is 29.9 Å². The molecule has 3 rings (SSSR count). The molecule has 1 N–H and O–H groups in total. The van der Waals surface area contributed by atoms with E-state index in [9.17, 15) is 9.59 Å². The molecule has 1 saturated carbocycles. The second-order valence-electron chi connectivity index (χ2n) is 8.10. The third-order valence-electron chi connectivity index (χ3n) is 4.55. The number of esters is 1. The summed E-state index contributed by atoms with van der Waals surface area (Å²) in [4.78, 5) is 25.0. The minimum Gasteiger partial charge on any atom is -0.482 e. The van der Waals surface area contributed by atoms with Gasteiger partial charge in [0.15, 0.2) is 6.61 Å². The Morgan fingerprint density at radius 2 is 1.68 bits per heavy atom. The molecule has 0 radical (unpaired) electrons. The molecule has 0 aromatic heterocycles. The quantitative estimate of drug-likeness (QED) is 0.738. The highest BCUT2D eigenvalue weighted by Gasteiger charge is 2.31. The largest absolute Gasteiger partial charge is 0.482 e. The van der Waals surface area contributed by atoms with Crippen LogP contribution in [0.15, 0.2) is 54.6 Å². The summed E-state index contributed by atoms with van der Waals surface area (Å²) in [5.74, 6) is -0.230. The highest BCUT2D eigenvalue weighted by atomic mass is 16.6. The molecule has 28 heavy (non-hydrogen) atoms. The summed E-state index contributed by atoms with van der Waals surface area (Å²) in [6, 6.07) is 16.9. The van der Waals surface area contributed by atoms with Crippen molar-refractivity contribution in [3.63, 3.8) is 0 Å². The Bertz CT molecular complexity index is 822. The maximum atomic E-state index is 12.6. The van der Waals surface area contributed by atoms with E-state index in [1.807, 2.05) is 42.5 Å². The fourth-order valence-corrected chi connectivity index (χ4v) is 2.92. The summed E-state index contributed by atoms with van der Waals surface area (Å²) in [5, 5.41) is 2.90. The number of benzene rings is 2. The Morgan fingerprint density at radius 3 is 2.32 bits per heavy atom. The van der Waals surface area contributed by atoms with E-state index in [0.717, 1.165) is 18.4 Å². The van der Waals surface area contributed by atoms with Gasteiger partial charge in [0.1, 0.15) is 5.75 Å². The first-order valence-electron chi connectivity index (χ1n) is 9.61. The maximum absolute atomic E-state index is 12.6. The summed E-state index contributed by atoms with van der Waals surface area (Å²) >= 11 is 0. The number of ether oxygens (including phenoxy) is 2. The van der Waals surface area contributed by atoms with Gasteiger partial charge in [-0.3, -0.25) is 4.79 Å². The fraction of sp³-hybridized carbons (Fsp3) is 0.391. The Kier molecular flexibility index (Phi) is 6.02. The monoisotopic (exact) mass is 381 g/mol. The van der Waals surface area contributed by atoms with Crippen molar-refractivity contribution >= 4 is 11.9 Å². The molecule has 1 aliphatic carbocycles. The van der Waals surface area contributed by atoms with E-state index in [2.05, 4.69) is 26.1 Å². The third kappa shape index (κ3) is 5.35. The van der Waals surface area contributed by atoms with Crippen molar-refractivity contribution in [2.75, 3.05) is 6.61 Å². The zero-order chi connectivity index (χ0) is 20.1. The molecular formula is C23H27NO4. The molecule has 2 aromatic carbocycles. The van der Waals surface area contributed by atoms with Crippen molar-refractivity contribution < 1.29 is 19.1 Å². The summed E-state index contributed by atoms with van der Waals surface area (Å²) < 4.78 is 11.2. The zero-order valence-corrected chi connectivity index (χ0v) is 16.6. The first-order valence-corrected chi connectivity index (χ1v) is 9.61. The van der Waals surface area contributed by atoms with Crippen molar-refractivity contribution in [1.29, 1.82) is 0 Å². The lowest BCUT2D eigenvalue weighted by molar-refractivity contribution is -0.158. The molecule has 1 aliphatic rings. The third-order valence-corrected chi connectivity index (χ3v) is 4.55. The van der Waals surface area contributed by atoms with Gasteiger partial charge >= 0.3 is 5.97 Å². The second-order valence-corrected chi connectivity index (χ2v) is 8.10. The first kappa shape index (κ1) is 19.9. The Hall–Kier alpha value is -2.82. The van der Waals surface area contributed by atoms with E-state index in [1.54, 1.807) is 12.1 Å². The van der Waals surface area contributed by atoms with E-state index >= 15 is 0 Å². The van der Waals surface area contributed by atoms with E-state index in [0.29, 0.717) is 11.3 Å². The van der Waals surface area contributed by atoms with Crippen molar-refractivity contribution in [2.24, 2.45) is 0 Å². The highest BCUT2D eigenvalue weighted by molar-refractivity contribution is 5.85. The molecule has 0 heterocycles. The van der Waals surface area contributed by atoms with Crippen LogP contribution < -0.4 is 10.1 Å². The number of rotatable bonds is 7. The smallest absolute Gasteiger partial charge is 0.345 e. The van der Waals surface area contributed by atoms with Gasteiger partial charge < -0.3 is 14.8 Å². The van der Waals surface area contributed by atoms with Crippen molar-refractivity contribution in [2.45, 2.75) is 51.2 Å². The van der Waals surface area contributed by atoms with Gasteiger partial charge in [-0.2, -0.15) is 0 Å². The molecule has 148 valence electrons. The lowest BCUT2D eigenvalue weighted by Crippen LogP contribution is -2.34. The van der Waals surface area contributed by atoms with Gasteiger partial charge in [-0.15, -0.1) is 0 Å². The summed E-state index contributed by atoms with van der Waals surface area (Å²) in [6.45, 7) is 6.00. The van der Waals surface area contributed by atoms with Gasteiger partial charge in [0.2, 0.25) is 6.10 Å². The molecule has 0 spiro atoms. The molecule has 0 saturated heterocycles. The Labute approximate surface area is 166 Å². The van der Waals surface area contributed by atoms with Gasteiger partial charge in [-0.1, -0.05) is 69.3 Å². The van der Waals surface area contributed by atoms with E-state index < -0.39 is 12.1 Å². The topological polar surface area (TPSA) is 64.6 Å². The van der Waals surface area contributed by atoms with Crippen molar-refractivity contribution in [1.82, 2.24) is 5.32 Å². The molecule has 1 amide bonds. The van der Waals surface area contributed by atoms with Crippen LogP contribution in [0.3, 0.4) is 0 Å². The number of carbonyl (C=O) groups excluding carboxylic acids is 2. The minimum atomic E-state index is -0.976. The normalized spacial score (nSPS) is 14.8. The summed E-state index contributed by atoms with van der Waals surface area (Å²) in [7, 11) is 0. The van der Waals surface area contributed by atoms with Crippen LogP contribution in [-0.4, -0.2) is 24.5 Å². The minimum absolute atomic E-state index is 0.114. The van der Waals surface area contributed by atoms with Gasteiger partial charge in [0.25, 0.3) is 5.91 Å². The molecule has 2 aromatic rings. The zero-order valence-electron chi connectivity index (χ0n) is 16.6. The highest BCUT2D eigenvalue weighted by Crippen LogP contribution is 2.31. The molecule has 1 fully saturated rings. The lowest BCUT2D eigenvalue weighted by Gasteiger charge is -2.23. The number of nitrogens with one attached hydrogen (secondary N) is 1. The first-order chi connectivity index (χ1) is 13.3. The van der Waals surface area contributed by atoms with Crippen LogP contribution in [0.1, 0.15) is 50.8 Å². The molecule has 0 unspecified atom stereocenters. The van der Waals surface area contributed by atoms with Crippen LogP contribution in [0.25, 0.3) is 0 Å². The van der Waals surface area contributed by atoms with Gasteiger partial charge in [0, 0.05) is 11.6 Å². The van der Waals surface area contributed by atoms with Crippen LogP contribution in [0.2, 0.25) is 0 Å². The van der Waals surface area contributed by atoms with Gasteiger partial charge in [-0.25, -0.2) is 4.79 Å². The average molecular weight is 381 g/mol. The predicted octanol–water partition coefficient (Wildman–Crippen LogP) is 3.93. The maximum Gasteiger partial charge on any atom is 0.345 e. The molecule has 5 nitrogen and oxygen atoms in total. The van der Waals surface area contributed by atoms with Crippen LogP contribution in [-0.2, 0) is 19.7 Å². The lowest BCUT2D eigenvalue weighted by atomic mass is 9.86. The Balaban J connectivity index is 1.67. The van der Waals surface area contributed by atoms with Crippen LogP contribution in [0.5, 0.6) is 5.75 Å². The molecule has 1 atom stereocenters. The number of carbonyl (C=O) groups is 2. The molecular weight excluding hydrogens is 354 g/mol. The van der Waals surface area contributed by atoms with Crippen LogP contribution >= 0.6 is 0 Å². The molecule has 0 bridgehead atoms. The van der Waals surface area contributed by atoms with Crippen LogP contribution in [0.4, 0.5) is 0 Å². The molecule has 0 aliphatic heterocycles. The standard InChI is InChI=1S/C23H27NO4/c1-23(2,3)18-11-7-8-12-19(18)27-15-20(25)28-21(16-9-5-4-6-10-16)22(26)24-17-13-14-17/h4-12,17,21H,13-15H2,1-3H3,(H,24,26)/t21-/m0/s1. The Morgan fingerprint density at radius 1 is 1.04 bits per heavy atom. The fourth-order valence-electron chi connectivity index (χ4n) is 2.92.